The number of thiazole rings is 1. The molecule has 2 heterocycles. The maximum Gasteiger partial charge on any atom is 0.510 e. The van der Waals surface area contributed by atoms with E-state index < -0.39 is 71.5 Å². The minimum atomic E-state index is -5.11. The van der Waals surface area contributed by atoms with Crippen molar-refractivity contribution in [3.63, 3.8) is 0 Å². The number of carbonyl (C=O) groups excluding carboxylic acids is 4. The first-order chi connectivity index (χ1) is 16.3. The smallest absolute Gasteiger partial charge is 0.479 e. The number of oxime groups is 1. The summed E-state index contributed by atoms with van der Waals surface area (Å²) in [6.07, 6.45) is -2.23. The Labute approximate surface area is 199 Å². The van der Waals surface area contributed by atoms with Crippen LogP contribution in [0.15, 0.2) is 10.5 Å². The number of nitrogens with one attached hydrogen (secondary N) is 2. The van der Waals surface area contributed by atoms with Gasteiger partial charge in [-0.05, 0) is 6.92 Å². The SMILES string of the molecule is CC(NC=O)OC(=O)OCC1C(NC(=O)C(=NOCC(=O)O)c2csc(N)n2)C(=O)N1S(=O)(=O)O. The maximum absolute atomic E-state index is 12.7. The van der Waals surface area contributed by atoms with Crippen LogP contribution < -0.4 is 16.4 Å². The molecule has 0 aromatic carbocycles. The molecule has 3 atom stereocenters. The molecule has 6 N–H and O–H groups in total. The van der Waals surface area contributed by atoms with Gasteiger partial charge < -0.3 is 35.8 Å². The number of rotatable bonds is 12. The van der Waals surface area contributed by atoms with Crippen molar-refractivity contribution < 1.29 is 56.4 Å². The summed E-state index contributed by atoms with van der Waals surface area (Å²) in [5.41, 5.74) is 4.75. The Hall–Kier alpha value is -4.04. The van der Waals surface area contributed by atoms with Crippen LogP contribution in [0.1, 0.15) is 12.6 Å². The number of ether oxygens (including phenoxy) is 2. The number of anilines is 1. The molecule has 18 nitrogen and oxygen atoms in total. The first-order valence-electron chi connectivity index (χ1n) is 9.13. The van der Waals surface area contributed by atoms with Crippen LogP contribution in [0.25, 0.3) is 0 Å². The first kappa shape index (κ1) is 27.2. The van der Waals surface area contributed by atoms with E-state index in [4.69, 9.17) is 15.6 Å². The van der Waals surface area contributed by atoms with Crippen molar-refractivity contribution in [3.05, 3.63) is 11.1 Å². The van der Waals surface area contributed by atoms with E-state index in [1.54, 1.807) is 0 Å². The van der Waals surface area contributed by atoms with Gasteiger partial charge in [0.25, 0.3) is 11.8 Å². The fourth-order valence-corrected chi connectivity index (χ4v) is 3.96. The van der Waals surface area contributed by atoms with Gasteiger partial charge in [-0.25, -0.2) is 18.9 Å². The highest BCUT2D eigenvalue weighted by atomic mass is 32.2. The average molecular weight is 538 g/mol. The molecular weight excluding hydrogens is 520 g/mol. The molecule has 1 aliphatic heterocycles. The van der Waals surface area contributed by atoms with E-state index >= 15 is 0 Å². The third-order valence-corrected chi connectivity index (χ3v) is 5.60. The molecule has 3 amide bonds. The van der Waals surface area contributed by atoms with Crippen molar-refractivity contribution >= 4 is 62.8 Å². The molecule has 1 aromatic heterocycles. The predicted octanol–water partition coefficient (Wildman–Crippen LogP) is -2.73. The molecule has 0 spiro atoms. The lowest BCUT2D eigenvalue weighted by Crippen LogP contribution is -2.73. The van der Waals surface area contributed by atoms with E-state index in [0.717, 1.165) is 11.3 Å². The molecule has 3 unspecified atom stereocenters. The normalized spacial score (nSPS) is 18.6. The zero-order valence-electron chi connectivity index (χ0n) is 17.5. The molecule has 192 valence electrons. The lowest BCUT2D eigenvalue weighted by atomic mass is 9.99. The quantitative estimate of drug-likeness (QED) is 0.0344. The largest absolute Gasteiger partial charge is 0.510 e. The van der Waals surface area contributed by atoms with E-state index in [1.165, 1.54) is 12.3 Å². The summed E-state index contributed by atoms with van der Waals surface area (Å²) >= 11 is 0.901. The molecule has 0 radical (unpaired) electrons. The van der Waals surface area contributed by atoms with Crippen molar-refractivity contribution in [1.29, 1.82) is 0 Å². The molecule has 0 aliphatic carbocycles. The Morgan fingerprint density at radius 2 is 2.11 bits per heavy atom. The number of hydrogen-bond acceptors (Lipinski definition) is 14. The number of nitrogens with two attached hydrogens (primary N) is 1. The van der Waals surface area contributed by atoms with Crippen LogP contribution in [0.2, 0.25) is 0 Å². The summed E-state index contributed by atoms with van der Waals surface area (Å²) in [7, 11) is -5.11. The average Bonchev–Trinajstić information content (AvgIpc) is 3.16. The Kier molecular flexibility index (Phi) is 8.86. The van der Waals surface area contributed by atoms with E-state index in [-0.39, 0.29) is 21.5 Å². The first-order valence-corrected chi connectivity index (χ1v) is 11.4. The summed E-state index contributed by atoms with van der Waals surface area (Å²) in [6.45, 7) is -0.519. The monoisotopic (exact) mass is 538 g/mol. The Morgan fingerprint density at radius 3 is 2.66 bits per heavy atom. The highest BCUT2D eigenvalue weighted by Gasteiger charge is 2.55. The van der Waals surface area contributed by atoms with Gasteiger partial charge in [0.15, 0.2) is 17.1 Å². The summed E-state index contributed by atoms with van der Waals surface area (Å²) in [4.78, 5) is 66.1. The Morgan fingerprint density at radius 1 is 1.43 bits per heavy atom. The van der Waals surface area contributed by atoms with E-state index in [9.17, 15) is 36.9 Å². The van der Waals surface area contributed by atoms with Crippen molar-refractivity contribution in [3.8, 4) is 0 Å². The Bertz CT molecular complexity index is 1140. The van der Waals surface area contributed by atoms with Crippen molar-refractivity contribution in [2.75, 3.05) is 18.9 Å². The second-order valence-electron chi connectivity index (χ2n) is 6.41. The summed E-state index contributed by atoms with van der Waals surface area (Å²) in [5, 5.41) is 17.5. The van der Waals surface area contributed by atoms with Crippen LogP contribution in [0.5, 0.6) is 0 Å². The molecule has 2 rings (SSSR count). The zero-order valence-corrected chi connectivity index (χ0v) is 19.1. The third-order valence-electron chi connectivity index (χ3n) is 3.98. The van der Waals surface area contributed by atoms with Crippen LogP contribution in [-0.2, 0) is 43.8 Å². The van der Waals surface area contributed by atoms with Gasteiger partial charge in [0, 0.05) is 5.38 Å². The standard InChI is InChI=1S/C15H18N6O12S2/c1-6(17-5-22)33-15(27)31-2-8-11(13(26)21(8)35(28,29)30)19-12(25)10(20-32-3-9(23)24)7-4-34-14(16)18-7/h4-6,8,11H,2-3H2,1H3,(H2,16,18)(H,17,22)(H,19,25)(H,23,24)(H,28,29,30). The van der Waals surface area contributed by atoms with Gasteiger partial charge in [0.1, 0.15) is 24.4 Å². The van der Waals surface area contributed by atoms with Gasteiger partial charge >= 0.3 is 22.4 Å². The number of aromatic nitrogens is 1. The van der Waals surface area contributed by atoms with E-state index in [0.29, 0.717) is 0 Å². The van der Waals surface area contributed by atoms with Gasteiger partial charge in [-0.3, -0.25) is 18.9 Å². The minimum absolute atomic E-state index is 0.0130. The number of carboxylic acid groups (broad SMARTS) is 1. The lowest BCUT2D eigenvalue weighted by molar-refractivity contribution is -0.147. The van der Waals surface area contributed by atoms with Gasteiger partial charge in [-0.15, -0.1) is 11.3 Å². The number of hydrogen-bond donors (Lipinski definition) is 5. The van der Waals surface area contributed by atoms with E-state index in [1.807, 2.05) is 0 Å². The Balaban J connectivity index is 2.19. The molecule has 1 aromatic rings. The fraction of sp³-hybridized carbons (Fsp3) is 0.400. The number of carbonyl (C=O) groups is 5. The second-order valence-corrected chi connectivity index (χ2v) is 8.59. The van der Waals surface area contributed by atoms with Crippen molar-refractivity contribution in [2.24, 2.45) is 5.16 Å². The molecular formula is C15H18N6O12S2. The van der Waals surface area contributed by atoms with Gasteiger partial charge in [0.05, 0.1) is 0 Å². The molecule has 1 aliphatic rings. The fourth-order valence-electron chi connectivity index (χ4n) is 2.55. The van der Waals surface area contributed by atoms with Crippen LogP contribution in [-0.4, -0.2) is 95.0 Å². The number of nitrogen functional groups attached to an aromatic ring is 1. The highest BCUT2D eigenvalue weighted by molar-refractivity contribution is 7.84. The molecule has 0 saturated carbocycles. The van der Waals surface area contributed by atoms with Crippen LogP contribution in [0.4, 0.5) is 9.93 Å². The van der Waals surface area contributed by atoms with Gasteiger partial charge in [0.2, 0.25) is 13.0 Å². The second kappa shape index (κ2) is 11.4. The third kappa shape index (κ3) is 7.22. The zero-order chi connectivity index (χ0) is 26.3. The predicted molar refractivity (Wildman–Crippen MR) is 112 cm³/mol. The number of nitrogens with zero attached hydrogens (tertiary/aromatic N) is 3. The summed E-state index contributed by atoms with van der Waals surface area (Å²) < 4.78 is 41.7. The van der Waals surface area contributed by atoms with Gasteiger partial charge in [-0.1, -0.05) is 5.16 Å². The van der Waals surface area contributed by atoms with Gasteiger partial charge in [-0.2, -0.15) is 8.42 Å². The van der Waals surface area contributed by atoms with Crippen molar-refractivity contribution in [1.82, 2.24) is 19.9 Å². The molecule has 35 heavy (non-hydrogen) atoms. The highest BCUT2D eigenvalue weighted by Crippen LogP contribution is 2.24. The maximum atomic E-state index is 12.7. The summed E-state index contributed by atoms with van der Waals surface area (Å²) in [5.74, 6) is -3.86. The summed E-state index contributed by atoms with van der Waals surface area (Å²) in [6, 6.07) is -3.26. The van der Waals surface area contributed by atoms with Crippen LogP contribution >= 0.6 is 11.3 Å². The molecule has 20 heteroatoms. The number of β-lactam (4-membered cyclic amide) rings is 1. The lowest BCUT2D eigenvalue weighted by Gasteiger charge is -2.43. The van der Waals surface area contributed by atoms with E-state index in [2.05, 4.69) is 30.3 Å². The topological polar surface area (TPSA) is 266 Å². The number of aliphatic carboxylic acids is 1. The number of carboxylic acids is 1. The van der Waals surface area contributed by atoms with Crippen LogP contribution in [0, 0.1) is 0 Å². The molecule has 1 fully saturated rings. The molecule has 1 saturated heterocycles. The minimum Gasteiger partial charge on any atom is -0.479 e. The van der Waals surface area contributed by atoms with Crippen LogP contribution in [0.3, 0.4) is 0 Å². The van der Waals surface area contributed by atoms with Crippen molar-refractivity contribution in [2.45, 2.75) is 25.2 Å². The molecule has 0 bridgehead atoms. The number of amides is 3.